The number of amides is 1. The lowest BCUT2D eigenvalue weighted by atomic mass is 9.92. The maximum absolute atomic E-state index is 12.8. The van der Waals surface area contributed by atoms with Crippen LogP contribution in [0.5, 0.6) is 0 Å². The predicted molar refractivity (Wildman–Crippen MR) is 116 cm³/mol. The summed E-state index contributed by atoms with van der Waals surface area (Å²) in [5.74, 6) is 2.18. The summed E-state index contributed by atoms with van der Waals surface area (Å²) in [4.78, 5) is 31.3. The van der Waals surface area contributed by atoms with Crippen LogP contribution in [0.25, 0.3) is 0 Å². The first kappa shape index (κ1) is 20.4. The minimum Gasteiger partial charge on any atom is -0.369 e. The Balaban J connectivity index is 1.27. The summed E-state index contributed by atoms with van der Waals surface area (Å²) in [5.41, 5.74) is 1.08. The van der Waals surface area contributed by atoms with Crippen LogP contribution >= 0.6 is 0 Å². The Morgan fingerprint density at radius 2 is 1.52 bits per heavy atom. The summed E-state index contributed by atoms with van der Waals surface area (Å²) in [6, 6.07) is 0. The van der Waals surface area contributed by atoms with Crippen LogP contribution in [-0.2, 0) is 4.79 Å². The monoisotopic (exact) mass is 400 g/mol. The molecule has 0 radical (unpaired) electrons. The van der Waals surface area contributed by atoms with Crippen molar-refractivity contribution in [1.29, 1.82) is 0 Å². The Bertz CT molecular complexity index is 656. The van der Waals surface area contributed by atoms with Gasteiger partial charge in [-0.15, -0.1) is 0 Å². The van der Waals surface area contributed by atoms with Crippen LogP contribution in [0.1, 0.15) is 39.5 Å². The average molecular weight is 401 g/mol. The summed E-state index contributed by atoms with van der Waals surface area (Å²) in [6.45, 7) is 13.5. The van der Waals surface area contributed by atoms with Crippen molar-refractivity contribution in [3.63, 3.8) is 0 Å². The van der Waals surface area contributed by atoms with Gasteiger partial charge in [0.05, 0.1) is 18.1 Å². The fourth-order valence-electron chi connectivity index (χ4n) is 4.78. The third-order valence-corrected chi connectivity index (χ3v) is 7.03. The van der Waals surface area contributed by atoms with Crippen molar-refractivity contribution in [2.24, 2.45) is 11.8 Å². The summed E-state index contributed by atoms with van der Waals surface area (Å²) in [6.07, 6.45) is 8.10. The number of piperidine rings is 2. The first-order valence-electron chi connectivity index (χ1n) is 11.5. The molecule has 0 aromatic carbocycles. The number of likely N-dealkylation sites (tertiary alicyclic amines) is 1. The van der Waals surface area contributed by atoms with Gasteiger partial charge in [-0.25, -0.2) is 9.97 Å². The maximum atomic E-state index is 12.8. The molecule has 0 spiro atoms. The first-order valence-corrected chi connectivity index (χ1v) is 11.5. The van der Waals surface area contributed by atoms with Gasteiger partial charge in [0.1, 0.15) is 0 Å². The van der Waals surface area contributed by atoms with Crippen molar-refractivity contribution in [2.75, 3.05) is 68.7 Å². The van der Waals surface area contributed by atoms with Crippen LogP contribution in [0.2, 0.25) is 0 Å². The van der Waals surface area contributed by atoms with Crippen LogP contribution in [0.15, 0.2) is 12.4 Å². The van der Waals surface area contributed by atoms with Crippen LogP contribution in [0.4, 0.5) is 11.6 Å². The van der Waals surface area contributed by atoms with E-state index in [-0.39, 0.29) is 5.92 Å². The highest BCUT2D eigenvalue weighted by Gasteiger charge is 2.30. The molecule has 3 fully saturated rings. The van der Waals surface area contributed by atoms with Crippen LogP contribution < -0.4 is 9.80 Å². The van der Waals surface area contributed by atoms with Gasteiger partial charge >= 0.3 is 0 Å². The third-order valence-electron chi connectivity index (χ3n) is 7.03. The number of rotatable bonds is 4. The summed E-state index contributed by atoms with van der Waals surface area (Å²) >= 11 is 0. The topological polar surface area (TPSA) is 55.8 Å². The Morgan fingerprint density at radius 1 is 0.897 bits per heavy atom. The molecule has 1 aromatic rings. The van der Waals surface area contributed by atoms with Gasteiger partial charge in [0.15, 0.2) is 0 Å². The summed E-state index contributed by atoms with van der Waals surface area (Å²) in [7, 11) is 0. The van der Waals surface area contributed by atoms with E-state index in [1.165, 1.54) is 0 Å². The number of anilines is 2. The lowest BCUT2D eigenvalue weighted by molar-refractivity contribution is -0.137. The van der Waals surface area contributed by atoms with E-state index in [4.69, 9.17) is 0 Å². The van der Waals surface area contributed by atoms with Crippen LogP contribution in [-0.4, -0.2) is 84.6 Å². The molecule has 4 heterocycles. The van der Waals surface area contributed by atoms with Crippen molar-refractivity contribution in [3.05, 3.63) is 12.4 Å². The molecule has 7 nitrogen and oxygen atoms in total. The van der Waals surface area contributed by atoms with Gasteiger partial charge in [0.25, 0.3) is 0 Å². The van der Waals surface area contributed by atoms with E-state index in [0.717, 1.165) is 102 Å². The fourth-order valence-corrected chi connectivity index (χ4v) is 4.78. The highest BCUT2D eigenvalue weighted by atomic mass is 16.2. The zero-order valence-corrected chi connectivity index (χ0v) is 18.1. The van der Waals surface area contributed by atoms with Crippen molar-refractivity contribution in [3.8, 4) is 0 Å². The molecule has 3 aliphatic heterocycles. The Kier molecular flexibility index (Phi) is 6.53. The molecule has 0 N–H and O–H groups in total. The highest BCUT2D eigenvalue weighted by molar-refractivity contribution is 5.79. The van der Waals surface area contributed by atoms with E-state index in [1.54, 1.807) is 0 Å². The largest absolute Gasteiger partial charge is 0.369 e. The molecule has 0 atom stereocenters. The Morgan fingerprint density at radius 3 is 2.10 bits per heavy atom. The van der Waals surface area contributed by atoms with E-state index in [0.29, 0.717) is 5.91 Å². The van der Waals surface area contributed by atoms with Crippen molar-refractivity contribution in [1.82, 2.24) is 19.8 Å². The minimum absolute atomic E-state index is 0.190. The second kappa shape index (κ2) is 9.28. The number of piperazine rings is 1. The minimum atomic E-state index is 0.190. The third kappa shape index (κ3) is 4.82. The number of carbonyl (C=O) groups is 1. The molecule has 3 saturated heterocycles. The Labute approximate surface area is 175 Å². The van der Waals surface area contributed by atoms with Gasteiger partial charge in [-0.1, -0.05) is 13.8 Å². The molecule has 7 heteroatoms. The molecule has 0 unspecified atom stereocenters. The van der Waals surface area contributed by atoms with Crippen LogP contribution in [0, 0.1) is 11.8 Å². The quantitative estimate of drug-likeness (QED) is 0.771. The number of nitrogens with zero attached hydrogens (tertiary/aromatic N) is 6. The van der Waals surface area contributed by atoms with E-state index in [9.17, 15) is 4.79 Å². The van der Waals surface area contributed by atoms with Gasteiger partial charge in [-0.3, -0.25) is 4.79 Å². The number of likely N-dealkylation sites (N-methyl/N-ethyl adjacent to an activating group) is 1. The second-order valence-corrected chi connectivity index (χ2v) is 8.93. The van der Waals surface area contributed by atoms with Gasteiger partial charge in [0, 0.05) is 58.3 Å². The summed E-state index contributed by atoms with van der Waals surface area (Å²) < 4.78 is 0. The van der Waals surface area contributed by atoms with E-state index in [1.807, 2.05) is 12.4 Å². The van der Waals surface area contributed by atoms with Crippen molar-refractivity contribution in [2.45, 2.75) is 39.5 Å². The molecule has 29 heavy (non-hydrogen) atoms. The van der Waals surface area contributed by atoms with E-state index >= 15 is 0 Å². The number of hydrogen-bond acceptors (Lipinski definition) is 6. The van der Waals surface area contributed by atoms with E-state index in [2.05, 4.69) is 43.4 Å². The standard InChI is InChI=1S/C22H36N6O/c1-3-25-12-14-28(15-13-25)22-23-16-20(17-24-22)26-10-6-19(7-11-26)21(29)27-8-4-18(2)5-9-27/h16-19H,3-15H2,1-2H3. The molecule has 0 aliphatic carbocycles. The smallest absolute Gasteiger partial charge is 0.225 e. The highest BCUT2D eigenvalue weighted by Crippen LogP contribution is 2.26. The predicted octanol–water partition coefficient (Wildman–Crippen LogP) is 2.09. The molecule has 0 bridgehead atoms. The lowest BCUT2D eigenvalue weighted by Crippen LogP contribution is -2.46. The normalized spacial score (nSPS) is 22.9. The van der Waals surface area contributed by atoms with Crippen molar-refractivity contribution < 1.29 is 4.79 Å². The molecule has 160 valence electrons. The zero-order chi connectivity index (χ0) is 20.2. The Hall–Kier alpha value is -1.89. The number of aromatic nitrogens is 2. The fraction of sp³-hybridized carbons (Fsp3) is 0.773. The maximum Gasteiger partial charge on any atom is 0.225 e. The molecule has 0 saturated carbocycles. The molecule has 3 aliphatic rings. The van der Waals surface area contributed by atoms with Gasteiger partial charge in [-0.2, -0.15) is 0 Å². The van der Waals surface area contributed by atoms with Gasteiger partial charge < -0.3 is 19.6 Å². The zero-order valence-electron chi connectivity index (χ0n) is 18.1. The van der Waals surface area contributed by atoms with Gasteiger partial charge in [-0.05, 0) is 38.1 Å². The molecule has 1 aromatic heterocycles. The molecule has 4 rings (SSSR count). The summed E-state index contributed by atoms with van der Waals surface area (Å²) in [5, 5.41) is 0. The average Bonchev–Trinajstić information content (AvgIpc) is 2.79. The van der Waals surface area contributed by atoms with E-state index < -0.39 is 0 Å². The van der Waals surface area contributed by atoms with Gasteiger partial charge in [0.2, 0.25) is 11.9 Å². The molecular weight excluding hydrogens is 364 g/mol. The molecular formula is C22H36N6O. The second-order valence-electron chi connectivity index (χ2n) is 8.93. The lowest BCUT2D eigenvalue weighted by Gasteiger charge is -2.37. The van der Waals surface area contributed by atoms with Crippen molar-refractivity contribution >= 4 is 17.5 Å². The first-order chi connectivity index (χ1) is 14.1. The number of carbonyl (C=O) groups excluding carboxylic acids is 1. The number of hydrogen-bond donors (Lipinski definition) is 0. The van der Waals surface area contributed by atoms with Crippen LogP contribution in [0.3, 0.4) is 0 Å². The SMILES string of the molecule is CCN1CCN(c2ncc(N3CCC(C(=O)N4CCC(C)CC4)CC3)cn2)CC1. The molecule has 1 amide bonds.